The molecule has 0 fully saturated rings. The van der Waals surface area contributed by atoms with Gasteiger partial charge in [-0.15, -0.1) is 0 Å². The third-order valence-corrected chi connectivity index (χ3v) is 3.56. The molecule has 2 rings (SSSR count). The number of hydrogen-bond acceptors (Lipinski definition) is 1. The number of rotatable bonds is 3. The summed E-state index contributed by atoms with van der Waals surface area (Å²) in [6.07, 6.45) is 0. The molecule has 0 bridgehead atoms. The maximum absolute atomic E-state index is 12.5. The zero-order valence-corrected chi connectivity index (χ0v) is 13.9. The molecule has 0 saturated carbocycles. The zero-order valence-electron chi connectivity index (χ0n) is 13.9. The summed E-state index contributed by atoms with van der Waals surface area (Å²) in [6, 6.07) is 8.36. The van der Waals surface area contributed by atoms with Crippen LogP contribution in [-0.2, 0) is 12.0 Å². The van der Waals surface area contributed by atoms with Crippen molar-refractivity contribution in [2.45, 2.75) is 53.5 Å². The molecule has 1 aromatic carbocycles. The molecule has 21 heavy (non-hydrogen) atoms. The highest BCUT2D eigenvalue weighted by molar-refractivity contribution is 5.65. The zero-order chi connectivity index (χ0) is 15.8. The Balaban J connectivity index is 2.73. The van der Waals surface area contributed by atoms with Crippen molar-refractivity contribution in [2.24, 2.45) is 5.92 Å². The fourth-order valence-electron chi connectivity index (χ4n) is 2.77. The molecule has 0 saturated heterocycles. The van der Waals surface area contributed by atoms with Gasteiger partial charge in [0.2, 0.25) is 0 Å². The molecule has 0 radical (unpaired) electrons. The lowest BCUT2D eigenvalue weighted by Crippen LogP contribution is -2.21. The molecule has 1 aromatic heterocycles. The number of aryl methyl sites for hydroxylation is 1. The number of nitrogens with zero attached hydrogens (tertiary/aromatic N) is 1. The molecule has 0 aliphatic carbocycles. The summed E-state index contributed by atoms with van der Waals surface area (Å²) < 4.78 is 2.02. The molecule has 3 heteroatoms. The van der Waals surface area contributed by atoms with E-state index in [1.54, 1.807) is 0 Å². The average Bonchev–Trinajstić information content (AvgIpc) is 2.64. The summed E-state index contributed by atoms with van der Waals surface area (Å²) in [5, 5.41) is 3.03. The minimum absolute atomic E-state index is 0.0275. The number of benzene rings is 1. The lowest BCUT2D eigenvalue weighted by Gasteiger charge is -2.20. The molecule has 0 aliphatic heterocycles. The Kier molecular flexibility index (Phi) is 4.13. The van der Waals surface area contributed by atoms with Crippen LogP contribution in [0.1, 0.15) is 45.7 Å². The molecule has 114 valence electrons. The normalized spacial score (nSPS) is 12.1. The maximum atomic E-state index is 12.5. The van der Waals surface area contributed by atoms with Crippen LogP contribution in [-0.4, -0.2) is 9.78 Å². The van der Waals surface area contributed by atoms with Crippen molar-refractivity contribution in [1.82, 2.24) is 9.78 Å². The predicted octanol–water partition coefficient (Wildman–Crippen LogP) is 4.11. The van der Waals surface area contributed by atoms with Crippen LogP contribution >= 0.6 is 0 Å². The lowest BCUT2D eigenvalue weighted by molar-refractivity contribution is 0.484. The molecule has 0 spiro atoms. The summed E-state index contributed by atoms with van der Waals surface area (Å²) in [6.45, 7) is 13.5. The first-order chi connectivity index (χ1) is 9.70. The van der Waals surface area contributed by atoms with Crippen LogP contribution in [0.4, 0.5) is 0 Å². The van der Waals surface area contributed by atoms with Crippen molar-refractivity contribution in [3.8, 4) is 11.3 Å². The van der Waals surface area contributed by atoms with Gasteiger partial charge in [0.1, 0.15) is 0 Å². The Hall–Kier alpha value is -1.77. The van der Waals surface area contributed by atoms with Crippen molar-refractivity contribution in [3.63, 3.8) is 0 Å². The van der Waals surface area contributed by atoms with E-state index in [4.69, 9.17) is 0 Å². The monoisotopic (exact) mass is 286 g/mol. The second kappa shape index (κ2) is 5.55. The van der Waals surface area contributed by atoms with Gasteiger partial charge in [-0.25, -0.2) is 0 Å². The van der Waals surface area contributed by atoms with Gasteiger partial charge in [-0.1, -0.05) is 58.4 Å². The van der Waals surface area contributed by atoms with Gasteiger partial charge < -0.3 is 0 Å². The Morgan fingerprint density at radius 1 is 1.24 bits per heavy atom. The summed E-state index contributed by atoms with van der Waals surface area (Å²) in [5.74, 6) is 0.476. The van der Waals surface area contributed by atoms with Gasteiger partial charge in [-0.3, -0.25) is 14.6 Å². The number of aromatic amines is 1. The third-order valence-electron chi connectivity index (χ3n) is 3.56. The summed E-state index contributed by atoms with van der Waals surface area (Å²) in [4.78, 5) is 12.5. The van der Waals surface area contributed by atoms with Crippen LogP contribution in [0.25, 0.3) is 11.3 Å². The Bertz CT molecular complexity index is 684. The van der Waals surface area contributed by atoms with Crippen molar-refractivity contribution >= 4 is 0 Å². The summed E-state index contributed by atoms with van der Waals surface area (Å²) >= 11 is 0. The van der Waals surface area contributed by atoms with E-state index >= 15 is 0 Å². The van der Waals surface area contributed by atoms with E-state index in [-0.39, 0.29) is 11.0 Å². The minimum Gasteiger partial charge on any atom is -0.284 e. The highest BCUT2D eigenvalue weighted by Crippen LogP contribution is 2.31. The average molecular weight is 286 g/mol. The van der Waals surface area contributed by atoms with Crippen molar-refractivity contribution in [2.75, 3.05) is 0 Å². The van der Waals surface area contributed by atoms with Gasteiger partial charge >= 0.3 is 0 Å². The quantitative estimate of drug-likeness (QED) is 0.906. The van der Waals surface area contributed by atoms with E-state index in [0.717, 1.165) is 23.4 Å². The number of nitrogens with one attached hydrogen (secondary N) is 1. The van der Waals surface area contributed by atoms with E-state index in [2.05, 4.69) is 64.8 Å². The third kappa shape index (κ3) is 3.29. The fraction of sp³-hybridized carbons (Fsp3) is 0.500. The van der Waals surface area contributed by atoms with Crippen molar-refractivity contribution in [1.29, 1.82) is 0 Å². The fourth-order valence-corrected chi connectivity index (χ4v) is 2.77. The van der Waals surface area contributed by atoms with Crippen LogP contribution in [0.5, 0.6) is 0 Å². The maximum Gasteiger partial charge on any atom is 0.268 e. The van der Waals surface area contributed by atoms with Crippen molar-refractivity contribution < 1.29 is 0 Å². The molecule has 2 aromatic rings. The van der Waals surface area contributed by atoms with Gasteiger partial charge in [0, 0.05) is 17.7 Å². The van der Waals surface area contributed by atoms with E-state index in [9.17, 15) is 4.79 Å². The van der Waals surface area contributed by atoms with E-state index in [0.29, 0.717) is 5.92 Å². The topological polar surface area (TPSA) is 37.8 Å². The van der Waals surface area contributed by atoms with Gasteiger partial charge in [-0.05, 0) is 24.3 Å². The molecular formula is C18H26N2O. The minimum atomic E-state index is -0.186. The number of hydrogen-bond donors (Lipinski definition) is 1. The van der Waals surface area contributed by atoms with Gasteiger partial charge in [0.25, 0.3) is 5.56 Å². The highest BCUT2D eigenvalue weighted by Gasteiger charge is 2.27. The predicted molar refractivity (Wildman–Crippen MR) is 88.8 cm³/mol. The molecule has 1 heterocycles. The smallest absolute Gasteiger partial charge is 0.268 e. The summed E-state index contributed by atoms with van der Waals surface area (Å²) in [5.41, 5.74) is 4.06. The molecule has 3 nitrogen and oxygen atoms in total. The van der Waals surface area contributed by atoms with Crippen LogP contribution < -0.4 is 5.56 Å². The van der Waals surface area contributed by atoms with E-state index in [1.165, 1.54) is 5.56 Å². The van der Waals surface area contributed by atoms with Crippen LogP contribution in [0.3, 0.4) is 0 Å². The van der Waals surface area contributed by atoms with Gasteiger partial charge in [0.05, 0.1) is 5.69 Å². The standard InChI is InChI=1S/C18H26N2O/c1-12(2)11-20-16(14-9-7-8-13(3)10-14)15(17(21)19-20)18(4,5)6/h7-10,12H,11H2,1-6H3,(H,19,21). The Labute approximate surface area is 127 Å². The molecular weight excluding hydrogens is 260 g/mol. The molecule has 0 atom stereocenters. The SMILES string of the molecule is Cc1cccc(-c2c(C(C)(C)C)c(=O)[nH]n2CC(C)C)c1. The largest absolute Gasteiger partial charge is 0.284 e. The van der Waals surface area contributed by atoms with Gasteiger partial charge in [0.15, 0.2) is 0 Å². The Morgan fingerprint density at radius 3 is 2.43 bits per heavy atom. The number of aromatic nitrogens is 2. The van der Waals surface area contributed by atoms with E-state index in [1.807, 2.05) is 10.7 Å². The first-order valence-corrected chi connectivity index (χ1v) is 7.60. The second-order valence-electron chi connectivity index (χ2n) is 7.29. The highest BCUT2D eigenvalue weighted by atomic mass is 16.1. The van der Waals surface area contributed by atoms with Crippen LogP contribution in [0.15, 0.2) is 29.1 Å². The number of H-pyrrole nitrogens is 1. The second-order valence-corrected chi connectivity index (χ2v) is 7.29. The van der Waals surface area contributed by atoms with Gasteiger partial charge in [-0.2, -0.15) is 0 Å². The van der Waals surface area contributed by atoms with Crippen molar-refractivity contribution in [3.05, 3.63) is 45.7 Å². The molecule has 0 amide bonds. The van der Waals surface area contributed by atoms with Crippen LogP contribution in [0.2, 0.25) is 0 Å². The van der Waals surface area contributed by atoms with Crippen LogP contribution in [0, 0.1) is 12.8 Å². The Morgan fingerprint density at radius 2 is 1.90 bits per heavy atom. The molecule has 1 N–H and O–H groups in total. The molecule has 0 unspecified atom stereocenters. The summed E-state index contributed by atoms with van der Waals surface area (Å²) in [7, 11) is 0. The first-order valence-electron chi connectivity index (χ1n) is 7.60. The molecule has 0 aliphatic rings. The lowest BCUT2D eigenvalue weighted by atomic mass is 9.85. The van der Waals surface area contributed by atoms with E-state index < -0.39 is 0 Å². The first kappa shape index (κ1) is 15.6.